The quantitative estimate of drug-likeness (QED) is 0.444. The molecule has 0 heterocycles. The second-order valence-electron chi connectivity index (χ2n) is 4.59. The van der Waals surface area contributed by atoms with E-state index in [-0.39, 0.29) is 29.3 Å². The van der Waals surface area contributed by atoms with Gasteiger partial charge in [-0.2, -0.15) is 0 Å². The van der Waals surface area contributed by atoms with Crippen LogP contribution in [0.4, 0.5) is 11.4 Å². The summed E-state index contributed by atoms with van der Waals surface area (Å²) >= 11 is 0. The fraction of sp³-hybridized carbons (Fsp3) is 0.455. The van der Waals surface area contributed by atoms with Gasteiger partial charge in [0.1, 0.15) is 20.4 Å². The first kappa shape index (κ1) is 17.4. The van der Waals surface area contributed by atoms with Crippen molar-refractivity contribution in [2.75, 3.05) is 30.1 Å². The van der Waals surface area contributed by atoms with Gasteiger partial charge in [0.25, 0.3) is 0 Å². The normalized spacial score (nSPS) is 12.1. The summed E-state index contributed by atoms with van der Waals surface area (Å²) < 4.78 is 45.1. The maximum Gasteiger partial charge on any atom is 0.310 e. The third-order valence-electron chi connectivity index (χ3n) is 2.59. The average molecular weight is 336 g/mol. The molecule has 0 saturated carbocycles. The molecule has 0 spiro atoms. The number of hydrogen-bond acceptors (Lipinski definition) is 7. The zero-order valence-corrected chi connectivity index (χ0v) is 13.2. The molecule has 0 atom stereocenters. The monoisotopic (exact) mass is 336 g/mol. The van der Waals surface area contributed by atoms with Crippen molar-refractivity contribution in [2.45, 2.75) is 11.3 Å². The van der Waals surface area contributed by atoms with Gasteiger partial charge in [-0.1, -0.05) is 6.07 Å². The van der Waals surface area contributed by atoms with E-state index in [0.29, 0.717) is 0 Å². The standard InChI is InChI=1S/C11H16N2O6S2/c1-20(16,17)8-4-7-12-9-5-3-6-10(21(2,18)19)11(9)13(14)15/h3,5-6,12H,4,7-8H2,1-2H3. The molecule has 1 aromatic carbocycles. The third-order valence-corrected chi connectivity index (χ3v) is 4.75. The van der Waals surface area contributed by atoms with E-state index in [1.807, 2.05) is 0 Å². The highest BCUT2D eigenvalue weighted by molar-refractivity contribution is 7.91. The van der Waals surface area contributed by atoms with Gasteiger partial charge < -0.3 is 5.32 Å². The first-order valence-corrected chi connectivity index (χ1v) is 9.86. The Balaban J connectivity index is 3.01. The lowest BCUT2D eigenvalue weighted by atomic mass is 10.2. The summed E-state index contributed by atoms with van der Waals surface area (Å²) in [6.45, 7) is 0.182. The first-order valence-electron chi connectivity index (χ1n) is 5.91. The molecule has 0 aliphatic heterocycles. The highest BCUT2D eigenvalue weighted by atomic mass is 32.2. The van der Waals surface area contributed by atoms with Crippen LogP contribution in [0.5, 0.6) is 0 Å². The van der Waals surface area contributed by atoms with Crippen LogP contribution in [0.3, 0.4) is 0 Å². The lowest BCUT2D eigenvalue weighted by Gasteiger charge is -2.09. The second-order valence-corrected chi connectivity index (χ2v) is 8.84. The van der Waals surface area contributed by atoms with Crippen LogP contribution in [-0.2, 0) is 19.7 Å². The number of sulfone groups is 2. The molecule has 0 bridgehead atoms. The van der Waals surface area contributed by atoms with E-state index in [1.54, 1.807) is 0 Å². The summed E-state index contributed by atoms with van der Waals surface area (Å²) in [5.41, 5.74) is -0.476. The van der Waals surface area contributed by atoms with Crippen LogP contribution in [0.1, 0.15) is 6.42 Å². The van der Waals surface area contributed by atoms with E-state index >= 15 is 0 Å². The third kappa shape index (κ3) is 5.31. The van der Waals surface area contributed by atoms with Gasteiger partial charge in [-0.05, 0) is 18.6 Å². The number of nitro groups is 1. The molecule has 1 N–H and O–H groups in total. The van der Waals surface area contributed by atoms with E-state index in [4.69, 9.17) is 0 Å². The summed E-state index contributed by atoms with van der Waals surface area (Å²) in [5.74, 6) is -0.0560. The topological polar surface area (TPSA) is 123 Å². The lowest BCUT2D eigenvalue weighted by Crippen LogP contribution is -2.12. The van der Waals surface area contributed by atoms with Crippen LogP contribution < -0.4 is 5.32 Å². The van der Waals surface area contributed by atoms with Gasteiger partial charge in [0.05, 0.1) is 10.7 Å². The minimum absolute atomic E-state index is 0.0522. The molecule has 0 amide bonds. The Morgan fingerprint density at radius 3 is 2.29 bits per heavy atom. The van der Waals surface area contributed by atoms with E-state index in [1.165, 1.54) is 12.1 Å². The molecule has 0 radical (unpaired) electrons. The minimum atomic E-state index is -3.73. The molecule has 0 unspecified atom stereocenters. The zero-order valence-electron chi connectivity index (χ0n) is 11.6. The SMILES string of the molecule is CS(=O)(=O)CCCNc1cccc(S(C)(=O)=O)c1[N+](=O)[O-]. The largest absolute Gasteiger partial charge is 0.379 e. The number of rotatable bonds is 7. The van der Waals surface area contributed by atoms with Gasteiger partial charge >= 0.3 is 5.69 Å². The second kappa shape index (κ2) is 6.39. The number of nitrogens with one attached hydrogen (secondary N) is 1. The number of nitro benzene ring substituents is 1. The molecule has 0 aliphatic carbocycles. The molecule has 1 aromatic rings. The Hall–Kier alpha value is -1.68. The molecular formula is C11H16N2O6S2. The van der Waals surface area contributed by atoms with Crippen molar-refractivity contribution in [3.63, 3.8) is 0 Å². The van der Waals surface area contributed by atoms with Crippen molar-refractivity contribution in [3.05, 3.63) is 28.3 Å². The van der Waals surface area contributed by atoms with E-state index in [2.05, 4.69) is 5.32 Å². The molecule has 0 fully saturated rings. The van der Waals surface area contributed by atoms with Gasteiger partial charge in [0, 0.05) is 19.1 Å². The van der Waals surface area contributed by atoms with E-state index in [0.717, 1.165) is 18.6 Å². The summed E-state index contributed by atoms with van der Waals surface area (Å²) in [6.07, 6.45) is 2.25. The van der Waals surface area contributed by atoms with Crippen LogP contribution in [-0.4, -0.2) is 46.6 Å². The van der Waals surface area contributed by atoms with Gasteiger partial charge in [-0.3, -0.25) is 10.1 Å². The van der Waals surface area contributed by atoms with Gasteiger partial charge in [-0.15, -0.1) is 0 Å². The molecule has 10 heteroatoms. The molecule has 1 rings (SSSR count). The molecule has 0 aliphatic rings. The van der Waals surface area contributed by atoms with Crippen LogP contribution in [0.25, 0.3) is 0 Å². The molecule has 0 saturated heterocycles. The maximum absolute atomic E-state index is 11.6. The Morgan fingerprint density at radius 2 is 1.81 bits per heavy atom. The maximum atomic E-state index is 11.6. The molecule has 8 nitrogen and oxygen atoms in total. The Kier molecular flexibility index (Phi) is 5.29. The van der Waals surface area contributed by atoms with E-state index < -0.39 is 30.3 Å². The summed E-state index contributed by atoms with van der Waals surface area (Å²) in [6, 6.07) is 3.94. The lowest BCUT2D eigenvalue weighted by molar-refractivity contribution is -0.386. The van der Waals surface area contributed by atoms with Crippen LogP contribution in [0.2, 0.25) is 0 Å². The average Bonchev–Trinajstić information content (AvgIpc) is 2.31. The number of nitrogens with zero attached hydrogens (tertiary/aromatic N) is 1. The zero-order chi connectivity index (χ0) is 16.3. The van der Waals surface area contributed by atoms with Crippen molar-refractivity contribution >= 4 is 31.0 Å². The predicted molar refractivity (Wildman–Crippen MR) is 79.0 cm³/mol. The summed E-state index contributed by atoms with van der Waals surface area (Å²) in [4.78, 5) is 9.94. The molecule has 118 valence electrons. The Morgan fingerprint density at radius 1 is 1.19 bits per heavy atom. The van der Waals surface area contributed by atoms with Crippen molar-refractivity contribution in [3.8, 4) is 0 Å². The number of anilines is 1. The van der Waals surface area contributed by atoms with Crippen LogP contribution in [0.15, 0.2) is 23.1 Å². The van der Waals surface area contributed by atoms with Gasteiger partial charge in [0.2, 0.25) is 0 Å². The van der Waals surface area contributed by atoms with Crippen LogP contribution in [0, 0.1) is 10.1 Å². The summed E-state index contributed by atoms with van der Waals surface area (Å²) in [7, 11) is -6.84. The van der Waals surface area contributed by atoms with E-state index in [9.17, 15) is 26.9 Å². The smallest absolute Gasteiger partial charge is 0.310 e. The van der Waals surface area contributed by atoms with Crippen molar-refractivity contribution in [1.82, 2.24) is 0 Å². The minimum Gasteiger partial charge on any atom is -0.379 e. The molecule has 21 heavy (non-hydrogen) atoms. The fourth-order valence-corrected chi connectivity index (χ4v) is 3.24. The predicted octanol–water partition coefficient (Wildman–Crippen LogP) is 0.845. The highest BCUT2D eigenvalue weighted by Crippen LogP contribution is 2.31. The van der Waals surface area contributed by atoms with Gasteiger partial charge in [-0.25, -0.2) is 16.8 Å². The Labute approximate surface area is 123 Å². The number of benzene rings is 1. The molecular weight excluding hydrogens is 320 g/mol. The first-order chi connectivity index (χ1) is 9.52. The highest BCUT2D eigenvalue weighted by Gasteiger charge is 2.25. The Bertz CT molecular complexity index is 740. The fourth-order valence-electron chi connectivity index (χ4n) is 1.71. The number of hydrogen-bond donors (Lipinski definition) is 1. The van der Waals surface area contributed by atoms with Crippen molar-refractivity contribution in [2.24, 2.45) is 0 Å². The van der Waals surface area contributed by atoms with Crippen molar-refractivity contribution < 1.29 is 21.8 Å². The molecule has 0 aromatic heterocycles. The van der Waals surface area contributed by atoms with Gasteiger partial charge in [0.15, 0.2) is 9.84 Å². The summed E-state index contributed by atoms with van der Waals surface area (Å²) in [5, 5.41) is 13.8. The van der Waals surface area contributed by atoms with Crippen LogP contribution >= 0.6 is 0 Å². The number of para-hydroxylation sites is 1. The van der Waals surface area contributed by atoms with Crippen molar-refractivity contribution in [1.29, 1.82) is 0 Å².